The molecule has 2 heterocycles. The summed E-state index contributed by atoms with van der Waals surface area (Å²) in [7, 11) is 0. The van der Waals surface area contributed by atoms with Gasteiger partial charge in [0.1, 0.15) is 0 Å². The highest BCUT2D eigenvalue weighted by Crippen LogP contribution is 2.37. The van der Waals surface area contributed by atoms with Crippen LogP contribution in [0.1, 0.15) is 34.6 Å². The Balaban J connectivity index is 2.05. The molecule has 0 aromatic carbocycles. The normalized spacial score (nSPS) is 34.7. The Hall–Kier alpha value is -0.850. The van der Waals surface area contributed by atoms with Crippen molar-refractivity contribution in [2.75, 3.05) is 39.4 Å². The molecule has 0 radical (unpaired) electrons. The zero-order valence-corrected chi connectivity index (χ0v) is 14.6. The van der Waals surface area contributed by atoms with E-state index in [4.69, 9.17) is 4.74 Å². The molecule has 6 heteroatoms. The van der Waals surface area contributed by atoms with Gasteiger partial charge in [0, 0.05) is 38.3 Å². The molecule has 3 atom stereocenters. The largest absolute Gasteiger partial charge is 0.465 e. The first-order valence-electron chi connectivity index (χ1n) is 8.21. The summed E-state index contributed by atoms with van der Waals surface area (Å²) in [5.74, 6) is 0. The van der Waals surface area contributed by atoms with Crippen molar-refractivity contribution in [1.82, 2.24) is 15.1 Å². The zero-order chi connectivity index (χ0) is 16.5. The van der Waals surface area contributed by atoms with E-state index in [1.54, 1.807) is 4.90 Å². The highest BCUT2D eigenvalue weighted by atomic mass is 16.5. The topological polar surface area (TPSA) is 65.0 Å². The molecule has 2 aliphatic heterocycles. The SMILES string of the molecule is CC1COCCN1C[C@H]1CN(C(=O)O)[C@](C)(C(C)(C)C)CN1. The Labute approximate surface area is 133 Å². The minimum absolute atomic E-state index is 0.115. The lowest BCUT2D eigenvalue weighted by Crippen LogP contribution is -2.70. The first-order valence-corrected chi connectivity index (χ1v) is 8.21. The fourth-order valence-corrected chi connectivity index (χ4v) is 3.32. The number of carbonyl (C=O) groups is 1. The third kappa shape index (κ3) is 3.39. The van der Waals surface area contributed by atoms with E-state index in [2.05, 4.69) is 37.9 Å². The second kappa shape index (κ2) is 6.34. The van der Waals surface area contributed by atoms with E-state index in [1.165, 1.54) is 0 Å². The van der Waals surface area contributed by atoms with Crippen molar-refractivity contribution in [3.63, 3.8) is 0 Å². The van der Waals surface area contributed by atoms with Gasteiger partial charge in [0.25, 0.3) is 0 Å². The summed E-state index contributed by atoms with van der Waals surface area (Å²) in [5.41, 5.74) is -0.512. The molecule has 0 saturated carbocycles. The maximum Gasteiger partial charge on any atom is 0.407 e. The molecular formula is C16H31N3O3. The smallest absolute Gasteiger partial charge is 0.407 e. The van der Waals surface area contributed by atoms with Gasteiger partial charge in [-0.25, -0.2) is 4.79 Å². The molecule has 6 nitrogen and oxygen atoms in total. The van der Waals surface area contributed by atoms with Crippen LogP contribution >= 0.6 is 0 Å². The molecule has 1 unspecified atom stereocenters. The highest BCUT2D eigenvalue weighted by Gasteiger charge is 2.48. The Kier molecular flexibility index (Phi) is 5.04. The summed E-state index contributed by atoms with van der Waals surface area (Å²) in [6.45, 7) is 15.1. The van der Waals surface area contributed by atoms with Gasteiger partial charge in [-0.15, -0.1) is 0 Å². The third-order valence-electron chi connectivity index (χ3n) is 5.54. The van der Waals surface area contributed by atoms with Crippen molar-refractivity contribution in [2.24, 2.45) is 5.41 Å². The highest BCUT2D eigenvalue weighted by molar-refractivity contribution is 5.66. The van der Waals surface area contributed by atoms with Gasteiger partial charge in [-0.05, 0) is 19.3 Å². The van der Waals surface area contributed by atoms with Crippen molar-refractivity contribution in [1.29, 1.82) is 0 Å². The average Bonchev–Trinajstić information content (AvgIpc) is 2.42. The first kappa shape index (κ1) is 17.5. The number of hydrogen-bond donors (Lipinski definition) is 2. The third-order valence-corrected chi connectivity index (χ3v) is 5.54. The number of nitrogens with zero attached hydrogens (tertiary/aromatic N) is 2. The van der Waals surface area contributed by atoms with Gasteiger partial charge in [-0.2, -0.15) is 0 Å². The number of amides is 1. The number of piperazine rings is 1. The van der Waals surface area contributed by atoms with E-state index in [-0.39, 0.29) is 11.5 Å². The summed E-state index contributed by atoms with van der Waals surface area (Å²) >= 11 is 0. The van der Waals surface area contributed by atoms with Crippen LogP contribution in [0.5, 0.6) is 0 Å². The predicted octanol–water partition coefficient (Wildman–Crippen LogP) is 1.46. The standard InChI is InChI=1S/C16H31N3O3/c1-12-10-22-7-6-18(12)8-13-9-19(14(20)21)16(5,11-17-13)15(2,3)4/h12-13,17H,6-11H2,1-5H3,(H,20,21)/t12?,13-,16-/m0/s1. The van der Waals surface area contributed by atoms with E-state index < -0.39 is 11.6 Å². The van der Waals surface area contributed by atoms with Crippen LogP contribution in [-0.2, 0) is 4.74 Å². The monoisotopic (exact) mass is 313 g/mol. The molecule has 2 fully saturated rings. The van der Waals surface area contributed by atoms with Crippen LogP contribution in [0, 0.1) is 5.41 Å². The lowest BCUT2D eigenvalue weighted by molar-refractivity contribution is -0.0349. The average molecular weight is 313 g/mol. The van der Waals surface area contributed by atoms with E-state index >= 15 is 0 Å². The van der Waals surface area contributed by atoms with Gasteiger partial charge in [0.15, 0.2) is 0 Å². The van der Waals surface area contributed by atoms with Crippen LogP contribution in [0.15, 0.2) is 0 Å². The fraction of sp³-hybridized carbons (Fsp3) is 0.938. The molecule has 2 aliphatic rings. The second-order valence-corrected chi connectivity index (χ2v) is 7.91. The van der Waals surface area contributed by atoms with Crippen molar-refractivity contribution in [3.8, 4) is 0 Å². The van der Waals surface area contributed by atoms with E-state index in [1.807, 2.05) is 6.92 Å². The van der Waals surface area contributed by atoms with Crippen molar-refractivity contribution in [2.45, 2.75) is 52.2 Å². The fourth-order valence-electron chi connectivity index (χ4n) is 3.32. The number of hydrogen-bond acceptors (Lipinski definition) is 4. The van der Waals surface area contributed by atoms with Gasteiger partial charge in [0.2, 0.25) is 0 Å². The summed E-state index contributed by atoms with van der Waals surface area (Å²) in [6, 6.07) is 0.567. The Morgan fingerprint density at radius 3 is 2.68 bits per heavy atom. The molecule has 2 N–H and O–H groups in total. The lowest BCUT2D eigenvalue weighted by Gasteiger charge is -2.54. The minimum atomic E-state index is -0.820. The summed E-state index contributed by atoms with van der Waals surface area (Å²) in [5, 5.41) is 13.3. The number of nitrogens with one attached hydrogen (secondary N) is 1. The van der Waals surface area contributed by atoms with Crippen LogP contribution in [-0.4, -0.2) is 78.0 Å². The van der Waals surface area contributed by atoms with Crippen LogP contribution in [0.25, 0.3) is 0 Å². The number of ether oxygens (including phenoxy) is 1. The van der Waals surface area contributed by atoms with Gasteiger partial charge in [-0.1, -0.05) is 20.8 Å². The Morgan fingerprint density at radius 1 is 1.45 bits per heavy atom. The van der Waals surface area contributed by atoms with Crippen LogP contribution in [0.2, 0.25) is 0 Å². The number of morpholine rings is 1. The van der Waals surface area contributed by atoms with Crippen molar-refractivity contribution >= 4 is 6.09 Å². The van der Waals surface area contributed by atoms with Crippen molar-refractivity contribution in [3.05, 3.63) is 0 Å². The lowest BCUT2D eigenvalue weighted by atomic mass is 9.72. The van der Waals surface area contributed by atoms with Crippen molar-refractivity contribution < 1.29 is 14.6 Å². The molecule has 0 aliphatic carbocycles. The molecule has 128 valence electrons. The van der Waals surface area contributed by atoms with Crippen LogP contribution < -0.4 is 5.32 Å². The summed E-state index contributed by atoms with van der Waals surface area (Å²) in [4.78, 5) is 15.8. The minimum Gasteiger partial charge on any atom is -0.465 e. The predicted molar refractivity (Wildman–Crippen MR) is 86.2 cm³/mol. The molecule has 0 aromatic heterocycles. The maximum absolute atomic E-state index is 11.8. The quantitative estimate of drug-likeness (QED) is 0.808. The number of rotatable bonds is 2. The van der Waals surface area contributed by atoms with Crippen LogP contribution in [0.3, 0.4) is 0 Å². The number of carboxylic acid groups (broad SMARTS) is 1. The molecule has 2 rings (SSSR count). The van der Waals surface area contributed by atoms with E-state index in [9.17, 15) is 9.90 Å². The zero-order valence-electron chi connectivity index (χ0n) is 14.6. The van der Waals surface area contributed by atoms with E-state index in [0.717, 1.165) is 26.3 Å². The van der Waals surface area contributed by atoms with Gasteiger partial charge in [-0.3, -0.25) is 9.80 Å². The Bertz CT molecular complexity index is 410. The first-order chi connectivity index (χ1) is 10.1. The van der Waals surface area contributed by atoms with E-state index in [0.29, 0.717) is 19.1 Å². The molecule has 2 saturated heterocycles. The summed E-state index contributed by atoms with van der Waals surface area (Å²) < 4.78 is 5.47. The molecular weight excluding hydrogens is 282 g/mol. The van der Waals surface area contributed by atoms with Gasteiger partial charge >= 0.3 is 6.09 Å². The van der Waals surface area contributed by atoms with Gasteiger partial charge < -0.3 is 15.2 Å². The summed E-state index contributed by atoms with van der Waals surface area (Å²) in [6.07, 6.45) is -0.820. The second-order valence-electron chi connectivity index (χ2n) is 7.91. The molecule has 0 bridgehead atoms. The Morgan fingerprint density at radius 2 is 2.14 bits per heavy atom. The van der Waals surface area contributed by atoms with Crippen LogP contribution in [0.4, 0.5) is 4.79 Å². The van der Waals surface area contributed by atoms with Gasteiger partial charge in [0.05, 0.1) is 18.8 Å². The maximum atomic E-state index is 11.8. The molecule has 22 heavy (non-hydrogen) atoms. The molecule has 0 spiro atoms. The molecule has 1 amide bonds. The molecule has 0 aromatic rings.